The number of amides is 1. The predicted octanol–water partition coefficient (Wildman–Crippen LogP) is 3.80. The Kier molecular flexibility index (Phi) is 8.78. The van der Waals surface area contributed by atoms with Crippen molar-refractivity contribution in [3.63, 3.8) is 0 Å². The molecule has 1 radical (unpaired) electrons. The molecule has 2 aromatic rings. The molecule has 0 saturated heterocycles. The number of nitrogens with one attached hydrogen (secondary N) is 2. The maximum atomic E-state index is 13.0. The van der Waals surface area contributed by atoms with E-state index in [9.17, 15) is 9.00 Å². The molecule has 0 bridgehead atoms. The van der Waals surface area contributed by atoms with Crippen molar-refractivity contribution in [2.24, 2.45) is 0 Å². The van der Waals surface area contributed by atoms with Crippen molar-refractivity contribution in [1.29, 1.82) is 0 Å². The Morgan fingerprint density at radius 2 is 2.04 bits per heavy atom. The fourth-order valence-electron chi connectivity index (χ4n) is 2.98. The molecule has 0 fully saturated rings. The number of halogens is 1. The van der Waals surface area contributed by atoms with E-state index in [-0.39, 0.29) is 44.5 Å². The van der Waals surface area contributed by atoms with Crippen molar-refractivity contribution in [2.75, 3.05) is 29.4 Å². The molecular weight excluding hydrogens is 479 g/mol. The standard InChI is InChI=1S/C18H20ClN3O2S2.Y/c1-22-15-5-3-2-4-13(15)18(21-8-9-25-11-17(20)23)14-7-6-12(19)10-16(14)26(22)24;/h2-7,10,18,21H,8-9,11H2,1H3,(H2,20,23);/p-1. The predicted molar refractivity (Wildman–Crippen MR) is 109 cm³/mol. The van der Waals surface area contributed by atoms with E-state index in [1.54, 1.807) is 10.4 Å². The minimum atomic E-state index is -1.35. The van der Waals surface area contributed by atoms with Gasteiger partial charge in [0.1, 0.15) is 0 Å². The molecule has 1 amide bonds. The molecule has 5 nitrogen and oxygen atoms in total. The molecular formula is C18H19ClN3O2S2Y-. The van der Waals surface area contributed by atoms with Gasteiger partial charge in [0, 0.05) is 62.8 Å². The van der Waals surface area contributed by atoms with Gasteiger partial charge in [0.2, 0.25) is 0 Å². The zero-order chi connectivity index (χ0) is 18.7. The third kappa shape index (κ3) is 5.34. The molecule has 9 heteroatoms. The first kappa shape index (κ1) is 22.8. The number of benzene rings is 2. The van der Waals surface area contributed by atoms with Gasteiger partial charge in [0.15, 0.2) is 11.0 Å². The number of fused-ring (bicyclic) bond motifs is 2. The van der Waals surface area contributed by atoms with Gasteiger partial charge in [0.05, 0.1) is 22.5 Å². The van der Waals surface area contributed by atoms with Crippen LogP contribution in [0, 0.1) is 0 Å². The summed E-state index contributed by atoms with van der Waals surface area (Å²) >= 11 is 7.58. The van der Waals surface area contributed by atoms with Gasteiger partial charge in [-0.2, -0.15) is 11.8 Å². The van der Waals surface area contributed by atoms with Crippen LogP contribution < -0.4 is 9.62 Å². The smallest absolute Gasteiger partial charge is 0.153 e. The van der Waals surface area contributed by atoms with E-state index in [1.165, 1.54) is 11.8 Å². The van der Waals surface area contributed by atoms with Crippen LogP contribution in [0.1, 0.15) is 17.2 Å². The molecule has 27 heavy (non-hydrogen) atoms. The second-order valence-electron chi connectivity index (χ2n) is 5.85. The average molecular weight is 498 g/mol. The Labute approximate surface area is 196 Å². The Hall–Kier alpha value is -0.436. The number of anilines is 1. The van der Waals surface area contributed by atoms with Crippen molar-refractivity contribution < 1.29 is 41.7 Å². The largest absolute Gasteiger partial charge is 0.667 e. The van der Waals surface area contributed by atoms with Crippen LogP contribution in [0.25, 0.3) is 5.73 Å². The number of carbonyl (C=O) groups is 1. The SMILES string of the molecule is CN1c2ccccc2C(NCCSCC([NH-])=O)c2ccc(Cl)cc2S1=O.[Y]. The van der Waals surface area contributed by atoms with E-state index in [2.05, 4.69) is 5.32 Å². The van der Waals surface area contributed by atoms with Crippen LogP contribution in [0.5, 0.6) is 0 Å². The fourth-order valence-corrected chi connectivity index (χ4v) is 5.06. The minimum absolute atomic E-state index is 0. The van der Waals surface area contributed by atoms with Crippen LogP contribution in [0.4, 0.5) is 5.69 Å². The normalized spacial score (nSPS) is 18.1. The second-order valence-corrected chi connectivity index (χ2v) is 8.88. The molecule has 1 aliphatic heterocycles. The summed E-state index contributed by atoms with van der Waals surface area (Å²) in [5.74, 6) is 0.347. The molecule has 2 atom stereocenters. The van der Waals surface area contributed by atoms with Gasteiger partial charge in [-0.05, 0) is 29.3 Å². The molecule has 2 unspecified atom stereocenters. The Bertz CT molecular complexity index is 853. The summed E-state index contributed by atoms with van der Waals surface area (Å²) in [6.45, 7) is 0.662. The van der Waals surface area contributed by atoms with Crippen LogP contribution in [0.15, 0.2) is 47.4 Å². The monoisotopic (exact) mass is 497 g/mol. The van der Waals surface area contributed by atoms with Crippen molar-refractivity contribution >= 4 is 45.9 Å². The van der Waals surface area contributed by atoms with E-state index in [0.717, 1.165) is 16.8 Å². The Morgan fingerprint density at radius 1 is 1.30 bits per heavy atom. The van der Waals surface area contributed by atoms with Gasteiger partial charge in [-0.1, -0.05) is 35.9 Å². The molecule has 0 saturated carbocycles. The summed E-state index contributed by atoms with van der Waals surface area (Å²) in [6, 6.07) is 13.3. The molecule has 2 aromatic carbocycles. The van der Waals surface area contributed by atoms with Crippen molar-refractivity contribution in [2.45, 2.75) is 10.9 Å². The molecule has 0 aromatic heterocycles. The van der Waals surface area contributed by atoms with Gasteiger partial charge in [-0.3, -0.25) is 4.31 Å². The number of nitrogens with zero attached hydrogens (tertiary/aromatic N) is 1. The van der Waals surface area contributed by atoms with Crippen molar-refractivity contribution in [1.82, 2.24) is 5.32 Å². The number of carbonyl (C=O) groups excluding carboxylic acids is 1. The van der Waals surface area contributed by atoms with Crippen LogP contribution in [0.3, 0.4) is 0 Å². The summed E-state index contributed by atoms with van der Waals surface area (Å²) in [5.41, 5.74) is 9.85. The number of rotatable bonds is 6. The van der Waals surface area contributed by atoms with Gasteiger partial charge in [0.25, 0.3) is 0 Å². The van der Waals surface area contributed by atoms with Gasteiger partial charge in [-0.15, -0.1) is 0 Å². The Morgan fingerprint density at radius 3 is 2.78 bits per heavy atom. The van der Waals surface area contributed by atoms with Crippen molar-refractivity contribution in [3.05, 3.63) is 64.3 Å². The summed E-state index contributed by atoms with van der Waals surface area (Å²) < 4.78 is 14.8. The Balaban J connectivity index is 0.00000261. The number of hydrogen-bond donors (Lipinski definition) is 1. The molecule has 3 rings (SSSR count). The van der Waals surface area contributed by atoms with Crippen LogP contribution in [-0.2, 0) is 48.5 Å². The van der Waals surface area contributed by atoms with Crippen LogP contribution in [0.2, 0.25) is 5.02 Å². The van der Waals surface area contributed by atoms with E-state index in [1.807, 2.05) is 43.4 Å². The van der Waals surface area contributed by atoms with Crippen molar-refractivity contribution in [3.8, 4) is 0 Å². The molecule has 0 spiro atoms. The summed E-state index contributed by atoms with van der Waals surface area (Å²) in [4.78, 5) is 11.5. The maximum absolute atomic E-state index is 13.0. The third-order valence-corrected chi connectivity index (χ3v) is 6.76. The van der Waals surface area contributed by atoms with E-state index in [0.29, 0.717) is 22.2 Å². The zero-order valence-electron chi connectivity index (χ0n) is 14.8. The van der Waals surface area contributed by atoms with Crippen LogP contribution >= 0.6 is 23.4 Å². The third-order valence-electron chi connectivity index (χ3n) is 4.14. The summed E-state index contributed by atoms with van der Waals surface area (Å²) in [6.07, 6.45) is 0. The van der Waals surface area contributed by atoms with E-state index < -0.39 is 16.9 Å². The van der Waals surface area contributed by atoms with Gasteiger partial charge >= 0.3 is 0 Å². The van der Waals surface area contributed by atoms with Crippen LogP contribution in [-0.4, -0.2) is 35.2 Å². The first-order valence-corrected chi connectivity index (χ1v) is 10.7. The minimum Gasteiger partial charge on any atom is -0.667 e. The van der Waals surface area contributed by atoms with Gasteiger partial charge in [-0.25, -0.2) is 4.21 Å². The first-order chi connectivity index (χ1) is 12.5. The quantitative estimate of drug-likeness (QED) is 0.616. The molecule has 0 aliphatic carbocycles. The zero-order valence-corrected chi connectivity index (χ0v) is 20.0. The summed E-state index contributed by atoms with van der Waals surface area (Å²) in [7, 11) is 0.467. The second kappa shape index (κ2) is 10.4. The topological polar surface area (TPSA) is 73.2 Å². The average Bonchev–Trinajstić information content (AvgIpc) is 2.71. The molecule has 141 valence electrons. The van der Waals surface area contributed by atoms with E-state index >= 15 is 0 Å². The molecule has 1 aliphatic rings. The first-order valence-electron chi connectivity index (χ1n) is 8.08. The maximum Gasteiger partial charge on any atom is 0.153 e. The molecule has 1 heterocycles. The fraction of sp³-hybridized carbons (Fsp3) is 0.278. The number of hydrogen-bond acceptors (Lipinski definition) is 4. The molecule has 2 N–H and O–H groups in total. The number of thioether (sulfide) groups is 1. The van der Waals surface area contributed by atoms with E-state index in [4.69, 9.17) is 17.3 Å². The summed E-state index contributed by atoms with van der Waals surface area (Å²) in [5, 5.41) is 4.07. The number of para-hydroxylation sites is 1. The van der Waals surface area contributed by atoms with Gasteiger partial charge < -0.3 is 15.8 Å².